The van der Waals surface area contributed by atoms with Crippen LogP contribution in [0.2, 0.25) is 5.02 Å². The minimum Gasteiger partial charge on any atom is -0.481 e. The van der Waals surface area contributed by atoms with E-state index in [1.165, 1.54) is 0 Å². The van der Waals surface area contributed by atoms with Crippen LogP contribution in [0.15, 0.2) is 24.3 Å². The Morgan fingerprint density at radius 1 is 1.50 bits per heavy atom. The predicted molar refractivity (Wildman–Crippen MR) is 86.2 cm³/mol. The molecule has 0 unspecified atom stereocenters. The first-order chi connectivity index (χ1) is 10.4. The number of halogens is 1. The molecule has 1 aliphatic rings. The molecule has 0 spiro atoms. The van der Waals surface area contributed by atoms with E-state index in [-0.39, 0.29) is 12.5 Å². The number of hydrogen-bond acceptors (Lipinski definition) is 4. The Balaban J connectivity index is 1.81. The Hall–Kier alpha value is -1.30. The summed E-state index contributed by atoms with van der Waals surface area (Å²) < 4.78 is 5.56. The van der Waals surface area contributed by atoms with Gasteiger partial charge >= 0.3 is 0 Å². The second kappa shape index (κ2) is 7.31. The number of carbonyl (C=O) groups is 1. The highest BCUT2D eigenvalue weighted by Crippen LogP contribution is 2.21. The molecule has 1 aromatic carbocycles. The quantitative estimate of drug-likeness (QED) is 0.864. The molecule has 1 amide bonds. The van der Waals surface area contributed by atoms with Crippen molar-refractivity contribution in [3.05, 3.63) is 29.3 Å². The van der Waals surface area contributed by atoms with Crippen molar-refractivity contribution in [3.8, 4) is 5.75 Å². The number of benzene rings is 1. The number of ether oxygens (including phenoxy) is 1. The zero-order valence-electron chi connectivity index (χ0n) is 13.0. The lowest BCUT2D eigenvalue weighted by Crippen LogP contribution is -2.51. The van der Waals surface area contributed by atoms with Gasteiger partial charge in [-0.3, -0.25) is 4.79 Å². The van der Waals surface area contributed by atoms with Crippen LogP contribution in [-0.4, -0.2) is 54.3 Å². The SMILES string of the molecule is C[C@H](Oc1cccc(Cl)c1)C(=O)NCC1(O)CCN(C)CC1. The maximum atomic E-state index is 12.1. The van der Waals surface area contributed by atoms with Gasteiger partial charge in [0.1, 0.15) is 5.75 Å². The number of piperidine rings is 1. The normalized spacial score (nSPS) is 19.5. The van der Waals surface area contributed by atoms with Crippen molar-refractivity contribution in [2.45, 2.75) is 31.5 Å². The topological polar surface area (TPSA) is 61.8 Å². The van der Waals surface area contributed by atoms with E-state index < -0.39 is 11.7 Å². The second-order valence-corrected chi connectivity index (χ2v) is 6.40. The minimum atomic E-state index is -0.821. The molecular weight excluding hydrogens is 304 g/mol. The third-order valence-electron chi connectivity index (χ3n) is 3.99. The molecule has 22 heavy (non-hydrogen) atoms. The summed E-state index contributed by atoms with van der Waals surface area (Å²) in [4.78, 5) is 14.3. The summed E-state index contributed by atoms with van der Waals surface area (Å²) in [5, 5.41) is 13.8. The van der Waals surface area contributed by atoms with Gasteiger partial charge in [0.2, 0.25) is 0 Å². The lowest BCUT2D eigenvalue weighted by molar-refractivity contribution is -0.129. The molecule has 1 atom stereocenters. The van der Waals surface area contributed by atoms with Gasteiger partial charge in [0, 0.05) is 24.7 Å². The van der Waals surface area contributed by atoms with Crippen LogP contribution < -0.4 is 10.1 Å². The Labute approximate surface area is 136 Å². The summed E-state index contributed by atoms with van der Waals surface area (Å²) in [5.41, 5.74) is -0.821. The van der Waals surface area contributed by atoms with E-state index in [0.717, 1.165) is 13.1 Å². The number of amides is 1. The number of likely N-dealkylation sites (tertiary alicyclic amines) is 1. The fourth-order valence-electron chi connectivity index (χ4n) is 2.40. The fourth-order valence-corrected chi connectivity index (χ4v) is 2.59. The lowest BCUT2D eigenvalue weighted by Gasteiger charge is -2.36. The van der Waals surface area contributed by atoms with Crippen LogP contribution in [0.1, 0.15) is 19.8 Å². The zero-order valence-corrected chi connectivity index (χ0v) is 13.8. The largest absolute Gasteiger partial charge is 0.481 e. The van der Waals surface area contributed by atoms with Crippen molar-refractivity contribution in [1.82, 2.24) is 10.2 Å². The number of aliphatic hydroxyl groups is 1. The van der Waals surface area contributed by atoms with Crippen molar-refractivity contribution in [2.24, 2.45) is 0 Å². The van der Waals surface area contributed by atoms with E-state index in [0.29, 0.717) is 23.6 Å². The first-order valence-corrected chi connectivity index (χ1v) is 7.87. The minimum absolute atomic E-state index is 0.243. The summed E-state index contributed by atoms with van der Waals surface area (Å²) >= 11 is 5.88. The molecule has 0 aliphatic carbocycles. The maximum absolute atomic E-state index is 12.1. The second-order valence-electron chi connectivity index (χ2n) is 5.96. The van der Waals surface area contributed by atoms with E-state index in [9.17, 15) is 9.90 Å². The third-order valence-corrected chi connectivity index (χ3v) is 4.22. The van der Waals surface area contributed by atoms with E-state index in [1.807, 2.05) is 7.05 Å². The van der Waals surface area contributed by atoms with Crippen molar-refractivity contribution >= 4 is 17.5 Å². The lowest BCUT2D eigenvalue weighted by atomic mass is 9.91. The molecule has 1 fully saturated rings. The molecule has 0 saturated carbocycles. The molecule has 1 heterocycles. The standard InChI is InChI=1S/C16H23ClN2O3/c1-12(22-14-5-3-4-13(17)10-14)15(20)18-11-16(21)6-8-19(2)9-7-16/h3-5,10,12,21H,6-9,11H2,1-2H3,(H,18,20)/t12-/m0/s1. The van der Waals surface area contributed by atoms with Gasteiger partial charge in [-0.05, 0) is 45.0 Å². The van der Waals surface area contributed by atoms with E-state index >= 15 is 0 Å². The van der Waals surface area contributed by atoms with Crippen LogP contribution in [0.4, 0.5) is 0 Å². The van der Waals surface area contributed by atoms with Gasteiger partial charge in [-0.2, -0.15) is 0 Å². The number of hydrogen-bond donors (Lipinski definition) is 2. The Morgan fingerprint density at radius 3 is 2.82 bits per heavy atom. The summed E-state index contributed by atoms with van der Waals surface area (Å²) in [6.45, 7) is 3.60. The Bertz CT molecular complexity index is 516. The van der Waals surface area contributed by atoms with Crippen molar-refractivity contribution < 1.29 is 14.6 Å². The number of rotatable bonds is 5. The molecule has 5 nitrogen and oxygen atoms in total. The van der Waals surface area contributed by atoms with E-state index in [4.69, 9.17) is 16.3 Å². The summed E-state index contributed by atoms with van der Waals surface area (Å²) in [6.07, 6.45) is 0.675. The number of carbonyl (C=O) groups excluding carboxylic acids is 1. The van der Waals surface area contributed by atoms with Crippen LogP contribution in [0, 0.1) is 0 Å². The van der Waals surface area contributed by atoms with E-state index in [2.05, 4.69) is 10.2 Å². The smallest absolute Gasteiger partial charge is 0.260 e. The van der Waals surface area contributed by atoms with Crippen LogP contribution in [0.25, 0.3) is 0 Å². The summed E-state index contributed by atoms with van der Waals surface area (Å²) in [7, 11) is 2.03. The highest BCUT2D eigenvalue weighted by atomic mass is 35.5. The van der Waals surface area contributed by atoms with Gasteiger partial charge < -0.3 is 20.1 Å². The summed E-state index contributed by atoms with van der Waals surface area (Å²) in [6, 6.07) is 6.92. The molecule has 1 aliphatic heterocycles. The molecular formula is C16H23ClN2O3. The highest BCUT2D eigenvalue weighted by molar-refractivity contribution is 6.30. The third kappa shape index (κ3) is 4.87. The average molecular weight is 327 g/mol. The molecule has 0 radical (unpaired) electrons. The zero-order chi connectivity index (χ0) is 16.2. The summed E-state index contributed by atoms with van der Waals surface area (Å²) in [5.74, 6) is 0.306. The van der Waals surface area contributed by atoms with Crippen molar-refractivity contribution in [2.75, 3.05) is 26.7 Å². The van der Waals surface area contributed by atoms with Crippen molar-refractivity contribution in [3.63, 3.8) is 0 Å². The Morgan fingerprint density at radius 2 is 2.18 bits per heavy atom. The molecule has 2 rings (SSSR count). The van der Waals surface area contributed by atoms with E-state index in [1.54, 1.807) is 31.2 Å². The number of nitrogens with one attached hydrogen (secondary N) is 1. The van der Waals surface area contributed by atoms with Gasteiger partial charge in [0.25, 0.3) is 5.91 Å². The van der Waals surface area contributed by atoms with Crippen LogP contribution >= 0.6 is 11.6 Å². The molecule has 1 saturated heterocycles. The predicted octanol–water partition coefficient (Wildman–Crippen LogP) is 1.68. The fraction of sp³-hybridized carbons (Fsp3) is 0.562. The molecule has 2 N–H and O–H groups in total. The van der Waals surface area contributed by atoms with Crippen LogP contribution in [0.3, 0.4) is 0 Å². The molecule has 6 heteroatoms. The van der Waals surface area contributed by atoms with Crippen LogP contribution in [0.5, 0.6) is 5.75 Å². The average Bonchev–Trinajstić information content (AvgIpc) is 2.48. The number of nitrogens with zero attached hydrogens (tertiary/aromatic N) is 1. The van der Waals surface area contributed by atoms with Gasteiger partial charge in [0.15, 0.2) is 6.10 Å². The van der Waals surface area contributed by atoms with Crippen molar-refractivity contribution in [1.29, 1.82) is 0 Å². The Kier molecular flexibility index (Phi) is 5.67. The van der Waals surface area contributed by atoms with Gasteiger partial charge in [-0.25, -0.2) is 0 Å². The molecule has 1 aromatic rings. The van der Waals surface area contributed by atoms with Gasteiger partial charge in [0.05, 0.1) is 5.60 Å². The molecule has 0 aromatic heterocycles. The molecule has 122 valence electrons. The monoisotopic (exact) mass is 326 g/mol. The van der Waals surface area contributed by atoms with Gasteiger partial charge in [-0.15, -0.1) is 0 Å². The van der Waals surface area contributed by atoms with Crippen LogP contribution in [-0.2, 0) is 4.79 Å². The first-order valence-electron chi connectivity index (χ1n) is 7.49. The highest BCUT2D eigenvalue weighted by Gasteiger charge is 2.32. The maximum Gasteiger partial charge on any atom is 0.260 e. The molecule has 0 bridgehead atoms. The van der Waals surface area contributed by atoms with Gasteiger partial charge in [-0.1, -0.05) is 17.7 Å². The first kappa shape index (κ1) is 17.1.